The van der Waals surface area contributed by atoms with Gasteiger partial charge < -0.3 is 19.2 Å². The number of rotatable bonds is 3. The van der Waals surface area contributed by atoms with Crippen molar-refractivity contribution in [1.82, 2.24) is 5.32 Å². The van der Waals surface area contributed by atoms with Crippen LogP contribution < -0.4 is 20.4 Å². The number of nitrogens with one attached hydrogen (secondary N) is 1. The van der Waals surface area contributed by atoms with E-state index in [-0.39, 0.29) is 24.8 Å². The van der Waals surface area contributed by atoms with Gasteiger partial charge in [0.2, 0.25) is 6.79 Å². The summed E-state index contributed by atoms with van der Waals surface area (Å²) >= 11 is 0. The molecule has 1 aliphatic heterocycles. The number of carbonyl (C=O) groups excluding carboxylic acids is 1. The van der Waals surface area contributed by atoms with Gasteiger partial charge in [-0.05, 0) is 42.0 Å². The predicted molar refractivity (Wildman–Crippen MR) is 86.2 cm³/mol. The van der Waals surface area contributed by atoms with Crippen LogP contribution in [0.25, 0.3) is 11.0 Å². The maximum absolute atomic E-state index is 13.5. The number of amides is 1. The number of carbonyl (C=O) groups is 1. The standard InChI is InChI=1S/C18H12FNO5/c19-12-2-4-14-13(7-12)11(6-17(21)25-14)8-20-18(22)10-1-3-15-16(5-10)24-9-23-15/h1-7H,8-9H2,(H,20,22). The molecular formula is C18H12FNO5. The third-order valence-electron chi connectivity index (χ3n) is 3.86. The summed E-state index contributed by atoms with van der Waals surface area (Å²) in [6, 6.07) is 9.94. The molecule has 25 heavy (non-hydrogen) atoms. The minimum Gasteiger partial charge on any atom is -0.454 e. The normalized spacial score (nSPS) is 12.4. The van der Waals surface area contributed by atoms with Crippen molar-refractivity contribution < 1.29 is 23.1 Å². The summed E-state index contributed by atoms with van der Waals surface area (Å²) in [7, 11) is 0. The summed E-state index contributed by atoms with van der Waals surface area (Å²) < 4.78 is 29.0. The Labute approximate surface area is 140 Å². The van der Waals surface area contributed by atoms with Crippen molar-refractivity contribution in [3.05, 3.63) is 69.8 Å². The monoisotopic (exact) mass is 341 g/mol. The highest BCUT2D eigenvalue weighted by atomic mass is 19.1. The zero-order valence-corrected chi connectivity index (χ0v) is 12.9. The van der Waals surface area contributed by atoms with E-state index in [1.54, 1.807) is 18.2 Å². The molecule has 1 aromatic heterocycles. The molecule has 0 bridgehead atoms. The third kappa shape index (κ3) is 2.91. The Hall–Kier alpha value is -3.35. The first-order valence-electron chi connectivity index (χ1n) is 7.50. The van der Waals surface area contributed by atoms with Crippen LogP contribution >= 0.6 is 0 Å². The van der Waals surface area contributed by atoms with Gasteiger partial charge in [-0.3, -0.25) is 4.79 Å². The van der Waals surface area contributed by atoms with Gasteiger partial charge in [0, 0.05) is 23.6 Å². The highest BCUT2D eigenvalue weighted by Crippen LogP contribution is 2.32. The van der Waals surface area contributed by atoms with E-state index >= 15 is 0 Å². The van der Waals surface area contributed by atoms with E-state index < -0.39 is 11.4 Å². The summed E-state index contributed by atoms with van der Waals surface area (Å²) in [4.78, 5) is 24.0. The highest BCUT2D eigenvalue weighted by molar-refractivity contribution is 5.95. The highest BCUT2D eigenvalue weighted by Gasteiger charge is 2.16. The molecule has 1 amide bonds. The Bertz CT molecular complexity index is 1040. The lowest BCUT2D eigenvalue weighted by Crippen LogP contribution is -2.23. The maximum Gasteiger partial charge on any atom is 0.336 e. The summed E-state index contributed by atoms with van der Waals surface area (Å²) in [5.74, 6) is 0.278. The van der Waals surface area contributed by atoms with Gasteiger partial charge in [0.05, 0.1) is 0 Å². The Morgan fingerprint density at radius 1 is 1.08 bits per heavy atom. The molecule has 0 saturated carbocycles. The van der Waals surface area contributed by atoms with E-state index in [4.69, 9.17) is 13.9 Å². The number of benzene rings is 2. The first kappa shape index (κ1) is 15.2. The van der Waals surface area contributed by atoms with Crippen molar-refractivity contribution in [3.63, 3.8) is 0 Å². The fourth-order valence-corrected chi connectivity index (χ4v) is 2.66. The van der Waals surface area contributed by atoms with Crippen LogP contribution in [-0.2, 0) is 6.54 Å². The summed E-state index contributed by atoms with van der Waals surface area (Å²) in [6.45, 7) is 0.177. The largest absolute Gasteiger partial charge is 0.454 e. The van der Waals surface area contributed by atoms with E-state index in [2.05, 4.69) is 5.32 Å². The molecule has 0 atom stereocenters. The maximum atomic E-state index is 13.5. The Balaban J connectivity index is 1.59. The number of fused-ring (bicyclic) bond motifs is 2. The fraction of sp³-hybridized carbons (Fsp3) is 0.111. The molecule has 4 rings (SSSR count). The van der Waals surface area contributed by atoms with Crippen molar-refractivity contribution in [2.45, 2.75) is 6.54 Å². The van der Waals surface area contributed by atoms with Gasteiger partial charge in [0.1, 0.15) is 11.4 Å². The van der Waals surface area contributed by atoms with E-state index in [1.807, 2.05) is 0 Å². The molecule has 2 heterocycles. The summed E-state index contributed by atoms with van der Waals surface area (Å²) in [6.07, 6.45) is 0. The molecule has 6 nitrogen and oxygen atoms in total. The van der Waals surface area contributed by atoms with E-state index in [0.717, 1.165) is 0 Å². The number of ether oxygens (including phenoxy) is 2. The minimum absolute atomic E-state index is 0.0544. The first-order chi connectivity index (χ1) is 12.1. The molecule has 0 unspecified atom stereocenters. The first-order valence-corrected chi connectivity index (χ1v) is 7.50. The average molecular weight is 341 g/mol. The van der Waals surface area contributed by atoms with E-state index in [1.165, 1.54) is 24.3 Å². The lowest BCUT2D eigenvalue weighted by molar-refractivity contribution is 0.0950. The van der Waals surface area contributed by atoms with Crippen LogP contribution in [-0.4, -0.2) is 12.7 Å². The van der Waals surface area contributed by atoms with Gasteiger partial charge in [0.25, 0.3) is 5.91 Å². The molecular weight excluding hydrogens is 329 g/mol. The fourth-order valence-electron chi connectivity index (χ4n) is 2.66. The number of halogens is 1. The van der Waals surface area contributed by atoms with Gasteiger partial charge in [0.15, 0.2) is 11.5 Å². The molecule has 1 aliphatic rings. The molecule has 0 saturated heterocycles. The van der Waals surface area contributed by atoms with Gasteiger partial charge in [-0.1, -0.05) is 0 Å². The van der Waals surface area contributed by atoms with Crippen LogP contribution in [0.3, 0.4) is 0 Å². The smallest absolute Gasteiger partial charge is 0.336 e. The topological polar surface area (TPSA) is 77.8 Å². The van der Waals surface area contributed by atoms with Crippen molar-refractivity contribution in [2.24, 2.45) is 0 Å². The molecule has 0 radical (unpaired) electrons. The lowest BCUT2D eigenvalue weighted by Gasteiger charge is -2.08. The summed E-state index contributed by atoms with van der Waals surface area (Å²) in [5, 5.41) is 3.14. The lowest BCUT2D eigenvalue weighted by atomic mass is 10.1. The van der Waals surface area contributed by atoms with Crippen LogP contribution in [0, 0.1) is 5.82 Å². The number of hydrogen-bond acceptors (Lipinski definition) is 5. The van der Waals surface area contributed by atoms with Crippen molar-refractivity contribution in [1.29, 1.82) is 0 Å². The molecule has 1 N–H and O–H groups in total. The van der Waals surface area contributed by atoms with Crippen molar-refractivity contribution >= 4 is 16.9 Å². The zero-order chi connectivity index (χ0) is 17.4. The molecule has 126 valence electrons. The quantitative estimate of drug-likeness (QED) is 0.741. The van der Waals surface area contributed by atoms with Gasteiger partial charge in [-0.15, -0.1) is 0 Å². The number of hydrogen-bond donors (Lipinski definition) is 1. The van der Waals surface area contributed by atoms with Gasteiger partial charge in [-0.25, -0.2) is 9.18 Å². The molecule has 7 heteroatoms. The SMILES string of the molecule is O=C(NCc1cc(=O)oc2ccc(F)cc12)c1ccc2c(c1)OCO2. The minimum atomic E-state index is -0.563. The molecule has 2 aromatic carbocycles. The van der Waals surface area contributed by atoms with Crippen molar-refractivity contribution in [3.8, 4) is 11.5 Å². The van der Waals surface area contributed by atoms with Crippen LogP contribution in [0.4, 0.5) is 4.39 Å². The second kappa shape index (κ2) is 5.94. The van der Waals surface area contributed by atoms with Gasteiger partial charge in [-0.2, -0.15) is 0 Å². The molecule has 3 aromatic rings. The molecule has 0 aliphatic carbocycles. The Morgan fingerprint density at radius 3 is 2.80 bits per heavy atom. The van der Waals surface area contributed by atoms with Gasteiger partial charge >= 0.3 is 5.63 Å². The van der Waals surface area contributed by atoms with Crippen LogP contribution in [0.5, 0.6) is 11.5 Å². The predicted octanol–water partition coefficient (Wildman–Crippen LogP) is 2.59. The average Bonchev–Trinajstić information content (AvgIpc) is 3.07. The van der Waals surface area contributed by atoms with E-state index in [9.17, 15) is 14.0 Å². The van der Waals surface area contributed by atoms with Crippen LogP contribution in [0.2, 0.25) is 0 Å². The zero-order valence-electron chi connectivity index (χ0n) is 12.9. The third-order valence-corrected chi connectivity index (χ3v) is 3.86. The Morgan fingerprint density at radius 2 is 1.92 bits per heavy atom. The Kier molecular flexibility index (Phi) is 3.61. The second-order valence-electron chi connectivity index (χ2n) is 5.48. The van der Waals surface area contributed by atoms with E-state index in [0.29, 0.717) is 28.0 Å². The molecule has 0 spiro atoms. The second-order valence-corrected chi connectivity index (χ2v) is 5.48. The van der Waals surface area contributed by atoms with Crippen LogP contribution in [0.1, 0.15) is 15.9 Å². The van der Waals surface area contributed by atoms with Crippen molar-refractivity contribution in [2.75, 3.05) is 6.79 Å². The summed E-state index contributed by atoms with van der Waals surface area (Å²) in [5.41, 5.74) is 0.565. The van der Waals surface area contributed by atoms with Crippen LogP contribution in [0.15, 0.2) is 51.7 Å². The molecule has 0 fully saturated rings.